The molecule has 1 heterocycles. The van der Waals surface area contributed by atoms with Crippen molar-refractivity contribution in [2.24, 2.45) is 0 Å². The zero-order valence-corrected chi connectivity index (χ0v) is 14.6. The number of rotatable bonds is 4. The highest BCUT2D eigenvalue weighted by molar-refractivity contribution is 9.10. The fourth-order valence-electron chi connectivity index (χ4n) is 2.33. The first-order valence-corrected chi connectivity index (χ1v) is 8.00. The van der Waals surface area contributed by atoms with Gasteiger partial charge in [-0.1, -0.05) is 0 Å². The molecule has 0 atom stereocenters. The van der Waals surface area contributed by atoms with E-state index in [0.717, 1.165) is 6.07 Å². The van der Waals surface area contributed by atoms with Gasteiger partial charge in [-0.05, 0) is 46.3 Å². The lowest BCUT2D eigenvalue weighted by molar-refractivity contribution is 0.0472. The fourth-order valence-corrected chi connectivity index (χ4v) is 2.74. The van der Waals surface area contributed by atoms with Gasteiger partial charge in [0, 0.05) is 27.6 Å². The van der Waals surface area contributed by atoms with Gasteiger partial charge in [-0.25, -0.2) is 14.0 Å². The van der Waals surface area contributed by atoms with Gasteiger partial charge in [0.2, 0.25) is 0 Å². The molecule has 128 valence electrons. The zero-order valence-electron chi connectivity index (χ0n) is 13.0. The Morgan fingerprint density at radius 2 is 2.00 bits per heavy atom. The molecule has 0 bridgehead atoms. The second-order valence-corrected chi connectivity index (χ2v) is 6.01. The van der Waals surface area contributed by atoms with Crippen molar-refractivity contribution in [1.82, 2.24) is 0 Å². The van der Waals surface area contributed by atoms with Gasteiger partial charge in [-0.15, -0.1) is 0 Å². The molecule has 1 aromatic heterocycles. The first kappa shape index (κ1) is 17.2. The van der Waals surface area contributed by atoms with Gasteiger partial charge < -0.3 is 13.9 Å². The lowest BCUT2D eigenvalue weighted by Crippen LogP contribution is -2.09. The SMILES string of the molecule is COc1ccc2c(COC(=O)c3cc(F)ccc3Br)cc(=O)oc2c1. The number of esters is 1. The second-order valence-electron chi connectivity index (χ2n) is 5.15. The van der Waals surface area contributed by atoms with Crippen molar-refractivity contribution in [3.63, 3.8) is 0 Å². The van der Waals surface area contributed by atoms with Crippen LogP contribution in [0.3, 0.4) is 0 Å². The largest absolute Gasteiger partial charge is 0.497 e. The van der Waals surface area contributed by atoms with Crippen LogP contribution < -0.4 is 10.4 Å². The number of methoxy groups -OCH3 is 1. The molecule has 0 saturated carbocycles. The van der Waals surface area contributed by atoms with Crippen molar-refractivity contribution in [1.29, 1.82) is 0 Å². The third kappa shape index (κ3) is 3.71. The second kappa shape index (κ2) is 7.06. The van der Waals surface area contributed by atoms with Gasteiger partial charge >= 0.3 is 11.6 Å². The van der Waals surface area contributed by atoms with Gasteiger partial charge in [0.25, 0.3) is 0 Å². The summed E-state index contributed by atoms with van der Waals surface area (Å²) in [6.07, 6.45) is 0. The quantitative estimate of drug-likeness (QED) is 0.482. The van der Waals surface area contributed by atoms with Gasteiger partial charge in [-0.2, -0.15) is 0 Å². The molecule has 0 fully saturated rings. The van der Waals surface area contributed by atoms with Gasteiger partial charge in [0.1, 0.15) is 23.8 Å². The molecule has 0 aliphatic rings. The lowest BCUT2D eigenvalue weighted by Gasteiger charge is -2.09. The molecular weight excluding hydrogens is 395 g/mol. The Kier molecular flexibility index (Phi) is 4.85. The summed E-state index contributed by atoms with van der Waals surface area (Å²) >= 11 is 3.18. The van der Waals surface area contributed by atoms with Crippen molar-refractivity contribution in [2.75, 3.05) is 7.11 Å². The summed E-state index contributed by atoms with van der Waals surface area (Å²) in [5, 5.41) is 0.617. The minimum Gasteiger partial charge on any atom is -0.497 e. The van der Waals surface area contributed by atoms with E-state index in [1.165, 1.54) is 25.3 Å². The highest BCUT2D eigenvalue weighted by atomic mass is 79.9. The maximum Gasteiger partial charge on any atom is 0.339 e. The van der Waals surface area contributed by atoms with Crippen molar-refractivity contribution in [3.05, 3.63) is 74.3 Å². The van der Waals surface area contributed by atoms with Gasteiger partial charge in [-0.3, -0.25) is 0 Å². The standard InChI is InChI=1S/C18H12BrFO5/c1-23-12-3-4-13-10(6-17(21)25-16(13)8-12)9-24-18(22)14-7-11(20)2-5-15(14)19/h2-8H,9H2,1H3. The van der Waals surface area contributed by atoms with E-state index in [1.54, 1.807) is 18.2 Å². The molecule has 2 aromatic carbocycles. The van der Waals surface area contributed by atoms with Crippen molar-refractivity contribution in [2.45, 2.75) is 6.61 Å². The predicted octanol–water partition coefficient (Wildman–Crippen LogP) is 4.06. The van der Waals surface area contributed by atoms with Crippen LogP contribution in [0.1, 0.15) is 15.9 Å². The normalized spacial score (nSPS) is 10.7. The van der Waals surface area contributed by atoms with Crippen LogP contribution in [0.2, 0.25) is 0 Å². The van der Waals surface area contributed by atoms with Crippen LogP contribution in [-0.2, 0) is 11.3 Å². The van der Waals surface area contributed by atoms with E-state index in [0.29, 0.717) is 26.8 Å². The Bertz CT molecular complexity index is 1010. The lowest BCUT2D eigenvalue weighted by atomic mass is 10.1. The van der Waals surface area contributed by atoms with Crippen molar-refractivity contribution in [3.8, 4) is 5.75 Å². The predicted molar refractivity (Wildman–Crippen MR) is 92.3 cm³/mol. The van der Waals surface area contributed by atoms with Crippen LogP contribution >= 0.6 is 15.9 Å². The number of carbonyl (C=O) groups excluding carboxylic acids is 1. The Balaban J connectivity index is 1.89. The summed E-state index contributed by atoms with van der Waals surface area (Å²) in [7, 11) is 1.50. The van der Waals surface area contributed by atoms with Gasteiger partial charge in [0.15, 0.2) is 0 Å². The molecule has 0 N–H and O–H groups in total. The fraction of sp³-hybridized carbons (Fsp3) is 0.111. The van der Waals surface area contributed by atoms with E-state index in [-0.39, 0.29) is 12.2 Å². The highest BCUT2D eigenvalue weighted by Gasteiger charge is 2.14. The molecule has 0 aliphatic carbocycles. The molecule has 7 heteroatoms. The summed E-state index contributed by atoms with van der Waals surface area (Å²) in [6, 6.07) is 9.97. The third-order valence-corrected chi connectivity index (χ3v) is 4.24. The van der Waals surface area contributed by atoms with E-state index >= 15 is 0 Å². The number of fused-ring (bicyclic) bond motifs is 1. The van der Waals surface area contributed by atoms with E-state index < -0.39 is 17.4 Å². The first-order chi connectivity index (χ1) is 12.0. The van der Waals surface area contributed by atoms with Crippen LogP contribution in [0.5, 0.6) is 5.75 Å². The third-order valence-electron chi connectivity index (χ3n) is 3.54. The molecule has 0 amide bonds. The summed E-state index contributed by atoms with van der Waals surface area (Å²) in [5.74, 6) is -0.720. The average molecular weight is 407 g/mol. The van der Waals surface area contributed by atoms with Crippen molar-refractivity contribution >= 4 is 32.9 Å². The minimum atomic E-state index is -0.707. The maximum atomic E-state index is 13.3. The van der Waals surface area contributed by atoms with Crippen LogP contribution in [0.25, 0.3) is 11.0 Å². The van der Waals surface area contributed by atoms with Crippen LogP contribution in [-0.4, -0.2) is 13.1 Å². The summed E-state index contributed by atoms with van der Waals surface area (Å²) in [6.45, 7) is -0.157. The Morgan fingerprint density at radius 1 is 1.20 bits per heavy atom. The monoisotopic (exact) mass is 406 g/mol. The molecule has 0 saturated heterocycles. The Labute approximate surface area is 150 Å². The smallest absolute Gasteiger partial charge is 0.339 e. The van der Waals surface area contributed by atoms with E-state index in [2.05, 4.69) is 15.9 Å². The Hall–Kier alpha value is -2.67. The van der Waals surface area contributed by atoms with E-state index in [9.17, 15) is 14.0 Å². The molecule has 0 unspecified atom stereocenters. The Morgan fingerprint density at radius 3 is 2.76 bits per heavy atom. The topological polar surface area (TPSA) is 65.7 Å². The van der Waals surface area contributed by atoms with Crippen LogP contribution in [0.15, 0.2) is 56.1 Å². The summed E-state index contributed by atoms with van der Waals surface area (Å²) in [4.78, 5) is 23.9. The van der Waals surface area contributed by atoms with Crippen LogP contribution in [0, 0.1) is 5.82 Å². The average Bonchev–Trinajstić information content (AvgIpc) is 2.60. The number of benzene rings is 2. The molecular formula is C18H12BrFO5. The number of hydrogen-bond acceptors (Lipinski definition) is 5. The number of hydrogen-bond donors (Lipinski definition) is 0. The van der Waals surface area contributed by atoms with E-state index in [4.69, 9.17) is 13.9 Å². The number of halogens is 2. The summed E-state index contributed by atoms with van der Waals surface area (Å²) < 4.78 is 29.2. The minimum absolute atomic E-state index is 0.0638. The molecule has 3 aromatic rings. The van der Waals surface area contributed by atoms with Crippen molar-refractivity contribution < 1.29 is 23.1 Å². The van der Waals surface area contributed by atoms with Gasteiger partial charge in [0.05, 0.1) is 12.7 Å². The molecule has 0 aliphatic heterocycles. The van der Waals surface area contributed by atoms with E-state index in [1.807, 2.05) is 0 Å². The van der Waals surface area contributed by atoms with Crippen LogP contribution in [0.4, 0.5) is 4.39 Å². The zero-order chi connectivity index (χ0) is 18.0. The number of carbonyl (C=O) groups is 1. The molecule has 5 nitrogen and oxygen atoms in total. The maximum absolute atomic E-state index is 13.3. The molecule has 3 rings (SSSR count). The summed E-state index contributed by atoms with van der Waals surface area (Å²) in [5.41, 5.74) is 0.298. The highest BCUT2D eigenvalue weighted by Crippen LogP contribution is 2.24. The molecule has 0 radical (unpaired) electrons. The molecule has 0 spiro atoms. The first-order valence-electron chi connectivity index (χ1n) is 7.21. The number of ether oxygens (including phenoxy) is 2. The molecule has 25 heavy (non-hydrogen) atoms.